The fraction of sp³-hybridized carbons (Fsp3) is 0. The highest BCUT2D eigenvalue weighted by molar-refractivity contribution is 6.24. The highest BCUT2D eigenvalue weighted by atomic mass is 15.0. The number of nitrogens with zero attached hydrogens (tertiary/aromatic N) is 2. The SMILES string of the molecule is N#Cc1ccc2c(c1)c1cc(-c3ccc(-c4cc5c6ccccc6c(-c6ccccc6)cc5c5ccccc45)cc3)ccc1n2-c1ccccc1. The van der Waals surface area contributed by atoms with Crippen molar-refractivity contribution in [3.05, 3.63) is 188 Å². The van der Waals surface area contributed by atoms with Crippen LogP contribution in [-0.2, 0) is 0 Å². The van der Waals surface area contributed by atoms with Crippen LogP contribution in [0, 0.1) is 11.3 Å². The van der Waals surface area contributed by atoms with E-state index in [1.54, 1.807) is 0 Å². The topological polar surface area (TPSA) is 28.7 Å². The van der Waals surface area contributed by atoms with Gasteiger partial charge in [0.1, 0.15) is 0 Å². The lowest BCUT2D eigenvalue weighted by molar-refractivity contribution is 1.18. The first-order valence-corrected chi connectivity index (χ1v) is 17.3. The fourth-order valence-electron chi connectivity index (χ4n) is 8.02. The molecule has 10 rings (SSSR count). The molecule has 0 saturated carbocycles. The maximum atomic E-state index is 9.72. The Balaban J connectivity index is 1.13. The summed E-state index contributed by atoms with van der Waals surface area (Å²) in [5, 5.41) is 19.5. The number of benzene rings is 9. The van der Waals surface area contributed by atoms with Crippen molar-refractivity contribution in [2.24, 2.45) is 0 Å². The van der Waals surface area contributed by atoms with E-state index in [9.17, 15) is 5.26 Å². The van der Waals surface area contributed by atoms with Crippen LogP contribution in [-0.4, -0.2) is 4.57 Å². The Kier molecular flexibility index (Phi) is 6.59. The van der Waals surface area contributed by atoms with E-state index in [0.717, 1.165) is 38.6 Å². The van der Waals surface area contributed by atoms with Crippen molar-refractivity contribution in [3.63, 3.8) is 0 Å². The maximum absolute atomic E-state index is 9.72. The number of hydrogen-bond donors (Lipinski definition) is 0. The molecule has 0 amide bonds. The van der Waals surface area contributed by atoms with Crippen molar-refractivity contribution in [2.45, 2.75) is 0 Å². The third-order valence-corrected chi connectivity index (χ3v) is 10.4. The summed E-state index contributed by atoms with van der Waals surface area (Å²) in [7, 11) is 0. The molecule has 2 heteroatoms. The largest absolute Gasteiger partial charge is 0.309 e. The average molecular weight is 647 g/mol. The predicted octanol–water partition coefficient (Wildman–Crippen LogP) is 13.1. The van der Waals surface area contributed by atoms with E-state index in [2.05, 4.69) is 174 Å². The molecule has 1 heterocycles. The lowest BCUT2D eigenvalue weighted by Gasteiger charge is -2.16. The van der Waals surface area contributed by atoms with Gasteiger partial charge >= 0.3 is 0 Å². The molecule has 236 valence electrons. The third kappa shape index (κ3) is 4.64. The molecule has 0 aliphatic carbocycles. The Morgan fingerprint density at radius 3 is 1.41 bits per heavy atom. The van der Waals surface area contributed by atoms with Gasteiger partial charge in [-0.05, 0) is 120 Å². The standard InChI is InChI=1S/C49H30N2/c50-31-32-19-25-48-46(27-32)47-28-36(24-26-49(47)51(48)37-13-5-2-6-14-37)33-20-22-35(23-21-33)43-30-45-40-17-9-7-15-38(40)42(34-11-3-1-4-12-34)29-44(45)41-18-10-8-16-39(41)43/h1-30H. The second kappa shape index (κ2) is 11.6. The number of rotatable bonds is 4. The molecule has 0 aliphatic rings. The molecule has 0 saturated heterocycles. The van der Waals surface area contributed by atoms with Crippen molar-refractivity contribution in [3.8, 4) is 45.1 Å². The molecule has 51 heavy (non-hydrogen) atoms. The highest BCUT2D eigenvalue weighted by Crippen LogP contribution is 2.42. The van der Waals surface area contributed by atoms with Gasteiger partial charge in [-0.3, -0.25) is 0 Å². The Hall–Kier alpha value is -6.95. The third-order valence-electron chi connectivity index (χ3n) is 10.4. The Morgan fingerprint density at radius 1 is 0.333 bits per heavy atom. The predicted molar refractivity (Wildman–Crippen MR) is 214 cm³/mol. The van der Waals surface area contributed by atoms with Crippen LogP contribution in [0.5, 0.6) is 0 Å². The second-order valence-electron chi connectivity index (χ2n) is 13.2. The van der Waals surface area contributed by atoms with E-state index in [0.29, 0.717) is 5.56 Å². The summed E-state index contributed by atoms with van der Waals surface area (Å²) in [4.78, 5) is 0. The monoisotopic (exact) mass is 646 g/mol. The molecule has 0 spiro atoms. The molecule has 0 N–H and O–H groups in total. The van der Waals surface area contributed by atoms with Crippen LogP contribution in [0.1, 0.15) is 5.56 Å². The van der Waals surface area contributed by atoms with Crippen LogP contribution in [0.15, 0.2) is 182 Å². The van der Waals surface area contributed by atoms with Crippen LogP contribution in [0.3, 0.4) is 0 Å². The van der Waals surface area contributed by atoms with Gasteiger partial charge in [-0.15, -0.1) is 0 Å². The van der Waals surface area contributed by atoms with Crippen molar-refractivity contribution in [1.29, 1.82) is 5.26 Å². The number of para-hydroxylation sites is 1. The molecule has 0 atom stereocenters. The molecule has 9 aromatic carbocycles. The van der Waals surface area contributed by atoms with Gasteiger partial charge in [-0.25, -0.2) is 0 Å². The Bertz CT molecular complexity index is 3000. The quantitative estimate of drug-likeness (QED) is 0.175. The smallest absolute Gasteiger partial charge is 0.0991 e. The van der Waals surface area contributed by atoms with Gasteiger partial charge in [0.05, 0.1) is 22.7 Å². The summed E-state index contributed by atoms with van der Waals surface area (Å²) in [5.41, 5.74) is 11.2. The summed E-state index contributed by atoms with van der Waals surface area (Å²) in [6, 6.07) is 67.5. The van der Waals surface area contributed by atoms with Crippen LogP contribution in [0.4, 0.5) is 0 Å². The van der Waals surface area contributed by atoms with E-state index in [1.807, 2.05) is 18.2 Å². The van der Waals surface area contributed by atoms with Crippen LogP contribution < -0.4 is 0 Å². The van der Waals surface area contributed by atoms with E-state index in [4.69, 9.17) is 0 Å². The minimum Gasteiger partial charge on any atom is -0.309 e. The first-order valence-electron chi connectivity index (χ1n) is 17.3. The van der Waals surface area contributed by atoms with E-state index in [-0.39, 0.29) is 0 Å². The molecular weight excluding hydrogens is 617 g/mol. The van der Waals surface area contributed by atoms with E-state index in [1.165, 1.54) is 54.6 Å². The van der Waals surface area contributed by atoms with Gasteiger partial charge in [-0.2, -0.15) is 5.26 Å². The molecule has 0 radical (unpaired) electrons. The summed E-state index contributed by atoms with van der Waals surface area (Å²) in [5.74, 6) is 0. The second-order valence-corrected chi connectivity index (χ2v) is 13.2. The summed E-state index contributed by atoms with van der Waals surface area (Å²) >= 11 is 0. The van der Waals surface area contributed by atoms with Crippen molar-refractivity contribution >= 4 is 54.1 Å². The highest BCUT2D eigenvalue weighted by Gasteiger charge is 2.16. The number of nitriles is 1. The van der Waals surface area contributed by atoms with Gasteiger partial charge in [0.15, 0.2) is 0 Å². The Morgan fingerprint density at radius 2 is 0.804 bits per heavy atom. The maximum Gasteiger partial charge on any atom is 0.0991 e. The molecule has 0 unspecified atom stereocenters. The van der Waals surface area contributed by atoms with Crippen molar-refractivity contribution in [2.75, 3.05) is 0 Å². The van der Waals surface area contributed by atoms with Crippen molar-refractivity contribution < 1.29 is 0 Å². The van der Waals surface area contributed by atoms with Gasteiger partial charge in [0, 0.05) is 16.5 Å². The number of aromatic nitrogens is 1. The molecule has 1 aromatic heterocycles. The zero-order valence-electron chi connectivity index (χ0n) is 27.7. The Labute approximate surface area is 295 Å². The van der Waals surface area contributed by atoms with Crippen LogP contribution >= 0.6 is 0 Å². The average Bonchev–Trinajstić information content (AvgIpc) is 3.54. The fourth-order valence-corrected chi connectivity index (χ4v) is 8.02. The molecule has 0 bridgehead atoms. The molecule has 0 fully saturated rings. The van der Waals surface area contributed by atoms with Gasteiger partial charge in [0.2, 0.25) is 0 Å². The molecule has 2 nitrogen and oxygen atoms in total. The zero-order chi connectivity index (χ0) is 33.9. The first kappa shape index (κ1) is 29.0. The van der Waals surface area contributed by atoms with Gasteiger partial charge in [-0.1, -0.05) is 127 Å². The first-order chi connectivity index (χ1) is 25.2. The summed E-state index contributed by atoms with van der Waals surface area (Å²) in [6.07, 6.45) is 0. The van der Waals surface area contributed by atoms with Gasteiger partial charge < -0.3 is 4.57 Å². The number of hydrogen-bond acceptors (Lipinski definition) is 1. The van der Waals surface area contributed by atoms with E-state index < -0.39 is 0 Å². The van der Waals surface area contributed by atoms with E-state index >= 15 is 0 Å². The molecule has 0 aliphatic heterocycles. The minimum atomic E-state index is 0.663. The summed E-state index contributed by atoms with van der Waals surface area (Å²) < 4.78 is 2.29. The lowest BCUT2D eigenvalue weighted by Crippen LogP contribution is -1.93. The van der Waals surface area contributed by atoms with Crippen LogP contribution in [0.2, 0.25) is 0 Å². The van der Waals surface area contributed by atoms with Crippen molar-refractivity contribution in [1.82, 2.24) is 4.57 Å². The van der Waals surface area contributed by atoms with Crippen LogP contribution in [0.25, 0.3) is 93.2 Å². The zero-order valence-corrected chi connectivity index (χ0v) is 27.7. The lowest BCUT2D eigenvalue weighted by atomic mass is 9.87. The molecular formula is C49H30N2. The number of fused-ring (bicyclic) bond motifs is 8. The normalized spacial score (nSPS) is 11.5. The minimum absolute atomic E-state index is 0.663. The summed E-state index contributed by atoms with van der Waals surface area (Å²) in [6.45, 7) is 0. The molecule has 10 aromatic rings. The van der Waals surface area contributed by atoms with Gasteiger partial charge in [0.25, 0.3) is 0 Å².